The summed E-state index contributed by atoms with van der Waals surface area (Å²) in [6.45, 7) is 5.52. The molecule has 4 nitrogen and oxygen atoms in total. The maximum Gasteiger partial charge on any atom is 0.237 e. The number of hydrogen-bond acceptors (Lipinski definition) is 3. The minimum Gasteiger partial charge on any atom is -0.393 e. The summed E-state index contributed by atoms with van der Waals surface area (Å²) in [6.07, 6.45) is 1.28. The first kappa shape index (κ1) is 16.9. The third-order valence-electron chi connectivity index (χ3n) is 5.06. The number of benzene rings is 2. The number of carbonyl (C=O) groups excluding carboxylic acids is 1. The van der Waals surface area contributed by atoms with Crippen LogP contribution in [0.15, 0.2) is 42.5 Å². The Morgan fingerprint density at radius 2 is 1.79 bits per heavy atom. The minimum atomic E-state index is -0.215. The summed E-state index contributed by atoms with van der Waals surface area (Å²) >= 11 is 0. The van der Waals surface area contributed by atoms with Gasteiger partial charge in [-0.1, -0.05) is 36.4 Å². The molecule has 2 unspecified atom stereocenters. The van der Waals surface area contributed by atoms with Crippen LogP contribution in [0.25, 0.3) is 10.8 Å². The molecule has 1 heterocycles. The van der Waals surface area contributed by atoms with Crippen LogP contribution < -0.4 is 5.32 Å². The second-order valence-corrected chi connectivity index (χ2v) is 6.78. The normalized spacial score (nSPS) is 19.1. The van der Waals surface area contributed by atoms with E-state index in [1.165, 1.54) is 10.8 Å². The Bertz CT molecular complexity index is 708. The fraction of sp³-hybridized carbons (Fsp3) is 0.450. The molecule has 1 fully saturated rings. The van der Waals surface area contributed by atoms with Crippen LogP contribution in [0, 0.1) is 0 Å². The lowest BCUT2D eigenvalue weighted by Gasteiger charge is -2.34. The Hall–Kier alpha value is -1.91. The smallest absolute Gasteiger partial charge is 0.237 e. The Labute approximate surface area is 143 Å². The van der Waals surface area contributed by atoms with Crippen molar-refractivity contribution in [3.05, 3.63) is 48.0 Å². The summed E-state index contributed by atoms with van der Waals surface area (Å²) in [5.74, 6) is 0.0482. The maximum atomic E-state index is 12.6. The highest BCUT2D eigenvalue weighted by atomic mass is 16.3. The van der Waals surface area contributed by atoms with Gasteiger partial charge in [-0.15, -0.1) is 0 Å². The molecule has 1 aliphatic heterocycles. The van der Waals surface area contributed by atoms with Gasteiger partial charge >= 0.3 is 0 Å². The van der Waals surface area contributed by atoms with E-state index in [1.807, 2.05) is 26.0 Å². The lowest BCUT2D eigenvalue weighted by Crippen LogP contribution is -2.49. The topological polar surface area (TPSA) is 52.6 Å². The zero-order chi connectivity index (χ0) is 17.1. The molecular weight excluding hydrogens is 300 g/mol. The first-order valence-corrected chi connectivity index (χ1v) is 8.76. The molecule has 0 spiro atoms. The number of piperidine rings is 1. The molecule has 1 amide bonds. The van der Waals surface area contributed by atoms with Crippen molar-refractivity contribution in [2.24, 2.45) is 0 Å². The molecule has 2 atom stereocenters. The first-order chi connectivity index (χ1) is 11.5. The molecule has 0 aromatic heterocycles. The zero-order valence-corrected chi connectivity index (χ0v) is 14.4. The molecular formula is C20H26N2O2. The van der Waals surface area contributed by atoms with Crippen LogP contribution in [-0.4, -0.2) is 41.1 Å². The van der Waals surface area contributed by atoms with Crippen molar-refractivity contribution in [2.45, 2.75) is 44.9 Å². The SMILES string of the molecule is CC(NC(=O)C(C)N1CCC(O)CC1)c1ccc2ccccc2c1. The number of nitrogens with zero attached hydrogens (tertiary/aromatic N) is 1. The van der Waals surface area contributed by atoms with Crippen molar-refractivity contribution < 1.29 is 9.90 Å². The highest BCUT2D eigenvalue weighted by molar-refractivity contribution is 5.84. The minimum absolute atomic E-state index is 0.0278. The van der Waals surface area contributed by atoms with E-state index in [9.17, 15) is 9.90 Å². The molecule has 1 aliphatic rings. The van der Waals surface area contributed by atoms with Gasteiger partial charge < -0.3 is 10.4 Å². The van der Waals surface area contributed by atoms with E-state index in [0.717, 1.165) is 31.5 Å². The summed E-state index contributed by atoms with van der Waals surface area (Å²) in [7, 11) is 0. The second-order valence-electron chi connectivity index (χ2n) is 6.78. The van der Waals surface area contributed by atoms with Crippen molar-refractivity contribution in [3.63, 3.8) is 0 Å². The summed E-state index contributed by atoms with van der Waals surface area (Å²) in [6, 6.07) is 14.4. The van der Waals surface area contributed by atoms with Crippen LogP contribution in [0.5, 0.6) is 0 Å². The monoisotopic (exact) mass is 326 g/mol. The summed E-state index contributed by atoms with van der Waals surface area (Å²) < 4.78 is 0. The quantitative estimate of drug-likeness (QED) is 0.908. The molecule has 3 rings (SSSR count). The number of carbonyl (C=O) groups is 1. The zero-order valence-electron chi connectivity index (χ0n) is 14.4. The van der Waals surface area contributed by atoms with Crippen LogP contribution >= 0.6 is 0 Å². The summed E-state index contributed by atoms with van der Waals surface area (Å²) in [5.41, 5.74) is 1.11. The van der Waals surface area contributed by atoms with Gasteiger partial charge in [-0.25, -0.2) is 0 Å². The van der Waals surface area contributed by atoms with Crippen LogP contribution in [0.2, 0.25) is 0 Å². The standard InChI is InChI=1S/C20H26N2O2/c1-14(17-8-7-16-5-3-4-6-18(16)13-17)21-20(24)15(2)22-11-9-19(23)10-12-22/h3-8,13-15,19,23H,9-12H2,1-2H3,(H,21,24). The van der Waals surface area contributed by atoms with Crippen molar-refractivity contribution in [1.82, 2.24) is 10.2 Å². The number of aliphatic hydroxyl groups is 1. The Morgan fingerprint density at radius 3 is 2.50 bits per heavy atom. The van der Waals surface area contributed by atoms with E-state index in [4.69, 9.17) is 0 Å². The Morgan fingerprint density at radius 1 is 1.12 bits per heavy atom. The predicted molar refractivity (Wildman–Crippen MR) is 96.8 cm³/mol. The number of rotatable bonds is 4. The fourth-order valence-electron chi connectivity index (χ4n) is 3.33. The maximum absolute atomic E-state index is 12.6. The van der Waals surface area contributed by atoms with Gasteiger partial charge in [-0.2, -0.15) is 0 Å². The molecule has 128 valence electrons. The molecule has 0 bridgehead atoms. The van der Waals surface area contributed by atoms with E-state index >= 15 is 0 Å². The molecule has 4 heteroatoms. The van der Waals surface area contributed by atoms with E-state index in [0.29, 0.717) is 0 Å². The number of amides is 1. The predicted octanol–water partition coefficient (Wildman–Crippen LogP) is 2.86. The Kier molecular flexibility index (Phi) is 5.17. The number of fused-ring (bicyclic) bond motifs is 1. The van der Waals surface area contributed by atoms with Crippen molar-refractivity contribution in [2.75, 3.05) is 13.1 Å². The van der Waals surface area contributed by atoms with Crippen LogP contribution in [0.4, 0.5) is 0 Å². The van der Waals surface area contributed by atoms with Gasteiger partial charge in [-0.3, -0.25) is 9.69 Å². The lowest BCUT2D eigenvalue weighted by atomic mass is 10.0. The third kappa shape index (κ3) is 3.77. The molecule has 0 aliphatic carbocycles. The van der Waals surface area contributed by atoms with Crippen molar-refractivity contribution >= 4 is 16.7 Å². The van der Waals surface area contributed by atoms with Crippen LogP contribution in [0.3, 0.4) is 0 Å². The molecule has 2 aromatic carbocycles. The van der Waals surface area contributed by atoms with Gasteiger partial charge in [0.15, 0.2) is 0 Å². The molecule has 2 aromatic rings. The van der Waals surface area contributed by atoms with Gasteiger partial charge in [0.25, 0.3) is 0 Å². The van der Waals surface area contributed by atoms with Crippen LogP contribution in [-0.2, 0) is 4.79 Å². The van der Waals surface area contributed by atoms with Crippen molar-refractivity contribution in [3.8, 4) is 0 Å². The number of hydrogen-bond donors (Lipinski definition) is 2. The second kappa shape index (κ2) is 7.32. The van der Waals surface area contributed by atoms with E-state index in [-0.39, 0.29) is 24.1 Å². The average molecular weight is 326 g/mol. The van der Waals surface area contributed by atoms with E-state index in [2.05, 4.69) is 40.5 Å². The number of aliphatic hydroxyl groups excluding tert-OH is 1. The molecule has 0 radical (unpaired) electrons. The van der Waals surface area contributed by atoms with Crippen LogP contribution in [0.1, 0.15) is 38.3 Å². The van der Waals surface area contributed by atoms with Gasteiger partial charge in [-0.05, 0) is 49.1 Å². The highest BCUT2D eigenvalue weighted by Crippen LogP contribution is 2.21. The lowest BCUT2D eigenvalue weighted by molar-refractivity contribution is -0.127. The third-order valence-corrected chi connectivity index (χ3v) is 5.06. The largest absolute Gasteiger partial charge is 0.393 e. The molecule has 0 saturated carbocycles. The van der Waals surface area contributed by atoms with Gasteiger partial charge in [0.1, 0.15) is 0 Å². The molecule has 1 saturated heterocycles. The average Bonchev–Trinajstić information content (AvgIpc) is 2.61. The Balaban J connectivity index is 1.64. The van der Waals surface area contributed by atoms with Gasteiger partial charge in [0.05, 0.1) is 18.2 Å². The highest BCUT2D eigenvalue weighted by Gasteiger charge is 2.26. The molecule has 24 heavy (non-hydrogen) atoms. The van der Waals surface area contributed by atoms with Gasteiger partial charge in [0, 0.05) is 13.1 Å². The number of nitrogens with one attached hydrogen (secondary N) is 1. The van der Waals surface area contributed by atoms with E-state index < -0.39 is 0 Å². The first-order valence-electron chi connectivity index (χ1n) is 8.76. The summed E-state index contributed by atoms with van der Waals surface area (Å²) in [5, 5.41) is 15.1. The van der Waals surface area contributed by atoms with E-state index in [1.54, 1.807) is 0 Å². The number of likely N-dealkylation sites (tertiary alicyclic amines) is 1. The van der Waals surface area contributed by atoms with Crippen molar-refractivity contribution in [1.29, 1.82) is 0 Å². The fourth-order valence-corrected chi connectivity index (χ4v) is 3.33. The van der Waals surface area contributed by atoms with Gasteiger partial charge in [0.2, 0.25) is 5.91 Å². The molecule has 2 N–H and O–H groups in total. The summed E-state index contributed by atoms with van der Waals surface area (Å²) in [4.78, 5) is 14.7.